The number of anilines is 1. The van der Waals surface area contributed by atoms with Crippen molar-refractivity contribution in [1.82, 2.24) is 4.72 Å². The highest BCUT2D eigenvalue weighted by Crippen LogP contribution is 2.53. The van der Waals surface area contributed by atoms with Gasteiger partial charge < -0.3 is 4.74 Å². The molecule has 1 unspecified atom stereocenters. The fourth-order valence-corrected chi connectivity index (χ4v) is 6.84. The summed E-state index contributed by atoms with van der Waals surface area (Å²) < 4.78 is 21.7. The maximum Gasteiger partial charge on any atom is 0.333 e. The van der Waals surface area contributed by atoms with Gasteiger partial charge in [0.25, 0.3) is 5.91 Å². The number of carbonyl (C=O) groups excluding carboxylic acids is 2. The van der Waals surface area contributed by atoms with Gasteiger partial charge in [-0.3, -0.25) is 9.69 Å². The molecule has 226 valence electrons. The van der Waals surface area contributed by atoms with Crippen LogP contribution in [0.3, 0.4) is 0 Å². The highest BCUT2D eigenvalue weighted by Gasteiger charge is 2.59. The predicted octanol–water partition coefficient (Wildman–Crippen LogP) is 6.78. The molecule has 5 rings (SSSR count). The van der Waals surface area contributed by atoms with Crippen molar-refractivity contribution in [2.75, 3.05) is 11.5 Å². The number of nitrogens with one attached hydrogen (secondary N) is 1. The van der Waals surface area contributed by atoms with Crippen LogP contribution in [-0.4, -0.2) is 27.4 Å². The Labute approximate surface area is 262 Å². The van der Waals surface area contributed by atoms with Crippen molar-refractivity contribution in [1.29, 1.82) is 0 Å². The Hall–Kier alpha value is -4.33. The fraction of sp³-hybridized carbons (Fsp3) is 0.243. The van der Waals surface area contributed by atoms with Crippen molar-refractivity contribution >= 4 is 28.5 Å². The van der Waals surface area contributed by atoms with E-state index in [0.29, 0.717) is 11.3 Å². The van der Waals surface area contributed by atoms with Gasteiger partial charge in [0.1, 0.15) is 11.1 Å². The second-order valence-electron chi connectivity index (χ2n) is 11.9. The first-order valence-electron chi connectivity index (χ1n) is 14.7. The number of para-hydroxylation sites is 1. The Balaban J connectivity index is 1.86. The number of benzene rings is 4. The highest BCUT2D eigenvalue weighted by atomic mass is 32.2. The molecule has 2 atom stereocenters. The van der Waals surface area contributed by atoms with Gasteiger partial charge in [0, 0.05) is 17.6 Å². The van der Waals surface area contributed by atoms with Crippen LogP contribution in [-0.2, 0) is 36.4 Å². The molecule has 0 spiro atoms. The number of hydrogen-bond donors (Lipinski definition) is 1. The van der Waals surface area contributed by atoms with Gasteiger partial charge in [0.15, 0.2) is 0 Å². The number of rotatable bonds is 10. The van der Waals surface area contributed by atoms with Crippen LogP contribution >= 0.6 is 0 Å². The molecule has 6 nitrogen and oxygen atoms in total. The molecule has 4 aromatic carbocycles. The zero-order valence-corrected chi connectivity index (χ0v) is 26.4. The highest BCUT2D eigenvalue weighted by molar-refractivity contribution is 7.84. The number of amides is 1. The minimum absolute atomic E-state index is 0.111. The minimum atomic E-state index is -1.69. The Morgan fingerprint density at radius 3 is 1.73 bits per heavy atom. The summed E-state index contributed by atoms with van der Waals surface area (Å²) >= 11 is 0. The summed E-state index contributed by atoms with van der Waals surface area (Å²) in [7, 11) is -1.69. The van der Waals surface area contributed by atoms with Gasteiger partial charge in [0.2, 0.25) is 0 Å². The van der Waals surface area contributed by atoms with Crippen LogP contribution in [0.15, 0.2) is 127 Å². The average molecular weight is 607 g/mol. The van der Waals surface area contributed by atoms with Gasteiger partial charge in [-0.15, -0.1) is 0 Å². The van der Waals surface area contributed by atoms with Crippen LogP contribution in [0.4, 0.5) is 5.69 Å². The summed E-state index contributed by atoms with van der Waals surface area (Å²) in [6.07, 6.45) is -0.131. The molecule has 1 N–H and O–H groups in total. The molecule has 44 heavy (non-hydrogen) atoms. The smallest absolute Gasteiger partial charge is 0.333 e. The normalized spacial score (nSPS) is 17.2. The Morgan fingerprint density at radius 1 is 0.818 bits per heavy atom. The lowest BCUT2D eigenvalue weighted by atomic mass is 9.75. The molecule has 0 saturated heterocycles. The van der Waals surface area contributed by atoms with E-state index in [4.69, 9.17) is 4.74 Å². The van der Waals surface area contributed by atoms with Gasteiger partial charge in [0.05, 0.1) is 28.0 Å². The van der Waals surface area contributed by atoms with E-state index in [1.807, 2.05) is 141 Å². The van der Waals surface area contributed by atoms with E-state index in [9.17, 15) is 9.00 Å². The summed E-state index contributed by atoms with van der Waals surface area (Å²) in [6.45, 7) is 11.5. The Morgan fingerprint density at radius 2 is 1.27 bits per heavy atom. The molecular weight excluding hydrogens is 568 g/mol. The molecular formula is C37H38N2O4S. The van der Waals surface area contributed by atoms with Crippen LogP contribution in [0.5, 0.6) is 0 Å². The van der Waals surface area contributed by atoms with Crippen LogP contribution in [0, 0.1) is 0 Å². The molecule has 7 heteroatoms. The van der Waals surface area contributed by atoms with Gasteiger partial charge >= 0.3 is 5.97 Å². The lowest BCUT2D eigenvalue weighted by Crippen LogP contribution is -2.59. The first-order chi connectivity index (χ1) is 21.1. The number of esters is 1. The van der Waals surface area contributed by atoms with Crippen molar-refractivity contribution in [3.8, 4) is 0 Å². The number of carbonyl (C=O) groups is 2. The van der Waals surface area contributed by atoms with Gasteiger partial charge in [-0.1, -0.05) is 116 Å². The van der Waals surface area contributed by atoms with Gasteiger partial charge in [-0.2, -0.15) is 0 Å². The molecule has 0 bridgehead atoms. The van der Waals surface area contributed by atoms with Crippen LogP contribution in [0.1, 0.15) is 56.4 Å². The van der Waals surface area contributed by atoms with E-state index in [0.717, 1.165) is 16.7 Å². The number of fused-ring (bicyclic) bond motifs is 1. The van der Waals surface area contributed by atoms with E-state index in [2.05, 4.69) is 11.3 Å². The number of nitrogens with zero attached hydrogens (tertiary/aromatic N) is 1. The van der Waals surface area contributed by atoms with Crippen LogP contribution in [0.2, 0.25) is 0 Å². The zero-order valence-electron chi connectivity index (χ0n) is 25.6. The summed E-state index contributed by atoms with van der Waals surface area (Å²) in [5, 5.41) is 0. The molecule has 0 aromatic heterocycles. The first kappa shape index (κ1) is 31.1. The van der Waals surface area contributed by atoms with Crippen molar-refractivity contribution in [3.05, 3.63) is 150 Å². The van der Waals surface area contributed by atoms with Crippen molar-refractivity contribution in [3.63, 3.8) is 0 Å². The Kier molecular flexibility index (Phi) is 8.73. The summed E-state index contributed by atoms with van der Waals surface area (Å²) in [4.78, 5) is 30.3. The molecule has 1 amide bonds. The zero-order chi connectivity index (χ0) is 31.5. The third-order valence-electron chi connectivity index (χ3n) is 7.95. The lowest BCUT2D eigenvalue weighted by molar-refractivity contribution is -0.138. The van der Waals surface area contributed by atoms with E-state index >= 15 is 4.79 Å². The average Bonchev–Trinajstić information content (AvgIpc) is 3.26. The molecule has 0 saturated carbocycles. The van der Waals surface area contributed by atoms with Crippen molar-refractivity contribution < 1.29 is 18.5 Å². The molecule has 1 aliphatic rings. The third kappa shape index (κ3) is 5.31. The maximum atomic E-state index is 15.6. The van der Waals surface area contributed by atoms with Gasteiger partial charge in [-0.05, 0) is 50.5 Å². The van der Waals surface area contributed by atoms with E-state index < -0.39 is 32.8 Å². The summed E-state index contributed by atoms with van der Waals surface area (Å²) in [6, 6.07) is 37.3. The third-order valence-corrected chi connectivity index (χ3v) is 9.60. The van der Waals surface area contributed by atoms with Crippen molar-refractivity contribution in [2.24, 2.45) is 0 Å². The molecule has 0 aliphatic carbocycles. The molecule has 0 fully saturated rings. The monoisotopic (exact) mass is 606 g/mol. The maximum absolute atomic E-state index is 15.6. The second kappa shape index (κ2) is 12.3. The van der Waals surface area contributed by atoms with Crippen LogP contribution in [0.25, 0.3) is 0 Å². The van der Waals surface area contributed by atoms with E-state index in [1.54, 1.807) is 6.92 Å². The van der Waals surface area contributed by atoms with Crippen LogP contribution < -0.4 is 9.62 Å². The summed E-state index contributed by atoms with van der Waals surface area (Å²) in [5.41, 5.74) is 1.27. The number of hydrogen-bond acceptors (Lipinski definition) is 4. The predicted molar refractivity (Wildman–Crippen MR) is 176 cm³/mol. The molecule has 0 radical (unpaired) electrons. The van der Waals surface area contributed by atoms with Gasteiger partial charge in [-0.25, -0.2) is 13.7 Å². The summed E-state index contributed by atoms with van der Waals surface area (Å²) in [5.74, 6) is -0.947. The number of ether oxygens (including phenoxy) is 1. The standard InChI is InChI=1S/C37H38N2O4S/c1-6-43-33(40)27(2)26-36(38-44(42)35(3,4)5)31-24-16-17-25-32(31)39(34(36)41)37(28-18-10-7-11-19-28,29-20-12-8-13-21-29)30-22-14-9-15-23-30/h7-25,38H,2,6,26H2,1,3-5H3/t36-,44?/m0/s1. The quantitative estimate of drug-likeness (QED) is 0.123. The van der Waals surface area contributed by atoms with E-state index in [-0.39, 0.29) is 24.5 Å². The molecule has 1 heterocycles. The molecule has 4 aromatic rings. The fourth-order valence-electron chi connectivity index (χ4n) is 5.95. The van der Waals surface area contributed by atoms with E-state index in [1.165, 1.54) is 0 Å². The lowest BCUT2D eigenvalue weighted by Gasteiger charge is -2.45. The SMILES string of the molecule is C=C(C[C@@]1(NS(=O)C(C)(C)C)C(=O)N(C(c2ccccc2)(c2ccccc2)c2ccccc2)c2ccccc21)C(=O)OCC. The second-order valence-corrected chi connectivity index (χ2v) is 13.8. The Bertz CT molecular complexity index is 1590. The minimum Gasteiger partial charge on any atom is -0.463 e. The largest absolute Gasteiger partial charge is 0.463 e. The topological polar surface area (TPSA) is 75.7 Å². The molecule has 1 aliphatic heterocycles. The first-order valence-corrected chi connectivity index (χ1v) is 15.9. The van der Waals surface area contributed by atoms with Crippen molar-refractivity contribution in [2.45, 2.75) is 49.9 Å².